The fourth-order valence-electron chi connectivity index (χ4n) is 1.32. The summed E-state index contributed by atoms with van der Waals surface area (Å²) in [5.41, 5.74) is 0. The molecule has 82 valence electrons. The monoisotopic (exact) mass is 202 g/mol. The maximum atomic E-state index is 10.5. The Morgan fingerprint density at radius 3 is 1.29 bits per heavy atom. The molecule has 0 saturated carbocycles. The molecule has 0 radical (unpaired) electrons. The quantitative estimate of drug-likeness (QED) is 0.548. The second-order valence-corrected chi connectivity index (χ2v) is 3.41. The average molecular weight is 202 g/mol. The van der Waals surface area contributed by atoms with Gasteiger partial charge in [0.25, 0.3) is 0 Å². The second-order valence-electron chi connectivity index (χ2n) is 3.41. The van der Waals surface area contributed by atoms with E-state index < -0.39 is 12.2 Å². The third-order valence-corrected chi connectivity index (χ3v) is 1.63. The van der Waals surface area contributed by atoms with Crippen molar-refractivity contribution in [3.05, 3.63) is 0 Å². The summed E-state index contributed by atoms with van der Waals surface area (Å²) in [5, 5.41) is 22.3. The van der Waals surface area contributed by atoms with E-state index in [0.29, 0.717) is 0 Å². The Hall–Kier alpha value is -1.30. The van der Waals surface area contributed by atoms with Crippen LogP contribution >= 0.6 is 0 Å². The summed E-state index contributed by atoms with van der Waals surface area (Å²) in [6.07, 6.45) is -3.60. The molecule has 2 amide bonds. The van der Waals surface area contributed by atoms with E-state index in [2.05, 4.69) is 0 Å². The summed E-state index contributed by atoms with van der Waals surface area (Å²) < 4.78 is 0. The molecule has 0 aliphatic carbocycles. The number of hydrogen-bond donors (Lipinski definition) is 0. The van der Waals surface area contributed by atoms with Crippen molar-refractivity contribution in [2.24, 2.45) is 0 Å². The fourth-order valence-corrected chi connectivity index (χ4v) is 1.32. The van der Waals surface area contributed by atoms with Crippen molar-refractivity contribution in [1.29, 1.82) is 0 Å². The van der Waals surface area contributed by atoms with Crippen molar-refractivity contribution < 1.29 is 19.8 Å². The molecule has 0 fully saturated rings. The van der Waals surface area contributed by atoms with Gasteiger partial charge in [-0.3, -0.25) is 0 Å². The van der Waals surface area contributed by atoms with E-state index >= 15 is 0 Å². The second kappa shape index (κ2) is 4.80. The number of hydrogen-bond acceptors (Lipinski definition) is 5. The molecule has 0 atom stereocenters. The van der Waals surface area contributed by atoms with Gasteiger partial charge in [0.2, 0.25) is 0 Å². The van der Waals surface area contributed by atoms with Crippen LogP contribution in [0.3, 0.4) is 0 Å². The molecule has 6 heteroatoms. The van der Waals surface area contributed by atoms with Gasteiger partial charge in [0.1, 0.15) is 0 Å². The number of hydrazine groups is 1. The lowest BCUT2D eigenvalue weighted by Gasteiger charge is -2.41. The first-order valence-corrected chi connectivity index (χ1v) is 4.29. The first kappa shape index (κ1) is 12.7. The average Bonchev–Trinajstić information content (AvgIpc) is 1.96. The number of carbonyl (C=O) groups is 2. The number of rotatable bonds is 3. The molecule has 0 aromatic heterocycles. The van der Waals surface area contributed by atoms with Crippen LogP contribution in [0.4, 0.5) is 9.59 Å². The standard InChI is InChI=1S/C8H16N2O4/c1-5(2)9(6(3)4)10(7(11)12)8(13)14/h5-6H,1-4H3,(H,11,12)(H,13,14)/p-2. The van der Waals surface area contributed by atoms with Gasteiger partial charge in [-0.05, 0) is 27.7 Å². The normalized spacial score (nSPS) is 11.1. The SMILES string of the molecule is CC(C)N(C(C)C)N(C(=O)[O-])C(=O)[O-]. The van der Waals surface area contributed by atoms with E-state index in [0.717, 1.165) is 5.01 Å². The van der Waals surface area contributed by atoms with Crippen molar-refractivity contribution >= 4 is 12.2 Å². The lowest BCUT2D eigenvalue weighted by Crippen LogP contribution is -2.62. The highest BCUT2D eigenvalue weighted by atomic mass is 16.4. The first-order chi connectivity index (χ1) is 6.29. The van der Waals surface area contributed by atoms with E-state index in [1.165, 1.54) is 0 Å². The Labute approximate surface area is 82.7 Å². The molecule has 0 aromatic carbocycles. The van der Waals surface area contributed by atoms with Gasteiger partial charge in [-0.2, -0.15) is 0 Å². The largest absolute Gasteiger partial charge is 0.529 e. The van der Waals surface area contributed by atoms with Crippen LogP contribution < -0.4 is 10.2 Å². The molecule has 0 spiro atoms. The molecule has 14 heavy (non-hydrogen) atoms. The Kier molecular flexibility index (Phi) is 4.36. The number of imide groups is 1. The Balaban J connectivity index is 4.93. The van der Waals surface area contributed by atoms with Gasteiger partial charge in [-0.25, -0.2) is 10.0 Å². The maximum absolute atomic E-state index is 10.5. The van der Waals surface area contributed by atoms with Gasteiger partial charge in [0, 0.05) is 12.1 Å². The maximum Gasteiger partial charge on any atom is 0.158 e. The molecule has 0 heterocycles. The van der Waals surface area contributed by atoms with Gasteiger partial charge < -0.3 is 19.8 Å². The number of amides is 2. The smallest absolute Gasteiger partial charge is 0.158 e. The zero-order chi connectivity index (χ0) is 11.5. The topological polar surface area (TPSA) is 86.7 Å². The molecule has 0 aliphatic rings. The van der Waals surface area contributed by atoms with Crippen molar-refractivity contribution in [1.82, 2.24) is 10.0 Å². The minimum Gasteiger partial charge on any atom is -0.529 e. The lowest BCUT2D eigenvalue weighted by atomic mass is 10.3. The number of nitrogens with zero attached hydrogens (tertiary/aromatic N) is 2. The highest BCUT2D eigenvalue weighted by Gasteiger charge is 2.22. The van der Waals surface area contributed by atoms with Crippen LogP contribution in [0.25, 0.3) is 0 Å². The molecule has 0 aromatic rings. The van der Waals surface area contributed by atoms with E-state index in [9.17, 15) is 19.8 Å². The van der Waals surface area contributed by atoms with Crippen LogP contribution in [0.2, 0.25) is 0 Å². The summed E-state index contributed by atoms with van der Waals surface area (Å²) in [6, 6.07) is -0.545. The van der Waals surface area contributed by atoms with Gasteiger partial charge >= 0.3 is 0 Å². The van der Waals surface area contributed by atoms with Crippen LogP contribution in [-0.4, -0.2) is 34.3 Å². The predicted molar refractivity (Wildman–Crippen MR) is 44.7 cm³/mol. The minimum atomic E-state index is -1.80. The van der Waals surface area contributed by atoms with E-state index in [-0.39, 0.29) is 17.1 Å². The highest BCUT2D eigenvalue weighted by Crippen LogP contribution is 2.09. The summed E-state index contributed by atoms with van der Waals surface area (Å²) in [4.78, 5) is 21.1. The zero-order valence-corrected chi connectivity index (χ0v) is 8.68. The predicted octanol–water partition coefficient (Wildman–Crippen LogP) is -0.991. The van der Waals surface area contributed by atoms with Crippen LogP contribution in [0, 0.1) is 0 Å². The summed E-state index contributed by atoms with van der Waals surface area (Å²) in [5.74, 6) is 0. The molecular formula is C8H14N2O4-2. The third-order valence-electron chi connectivity index (χ3n) is 1.63. The van der Waals surface area contributed by atoms with Gasteiger partial charge in [0.15, 0.2) is 12.2 Å². The molecule has 0 N–H and O–H groups in total. The molecule has 6 nitrogen and oxygen atoms in total. The number of carbonyl (C=O) groups excluding carboxylic acids is 2. The van der Waals surface area contributed by atoms with Gasteiger partial charge in [-0.15, -0.1) is 0 Å². The summed E-state index contributed by atoms with van der Waals surface area (Å²) in [6.45, 7) is 6.72. The van der Waals surface area contributed by atoms with E-state index in [1.807, 2.05) is 0 Å². The number of carboxylic acid groups (broad SMARTS) is 2. The molecule has 0 unspecified atom stereocenters. The molecule has 0 rings (SSSR count). The van der Waals surface area contributed by atoms with E-state index in [1.54, 1.807) is 27.7 Å². The van der Waals surface area contributed by atoms with Crippen LogP contribution in [0.15, 0.2) is 0 Å². The Morgan fingerprint density at radius 2 is 1.21 bits per heavy atom. The highest BCUT2D eigenvalue weighted by molar-refractivity contribution is 5.82. The fraction of sp³-hybridized carbons (Fsp3) is 0.750. The van der Waals surface area contributed by atoms with Crippen molar-refractivity contribution in [3.8, 4) is 0 Å². The molecular weight excluding hydrogens is 188 g/mol. The summed E-state index contributed by atoms with van der Waals surface area (Å²) in [7, 11) is 0. The zero-order valence-electron chi connectivity index (χ0n) is 8.68. The van der Waals surface area contributed by atoms with Crippen LogP contribution in [0.5, 0.6) is 0 Å². The van der Waals surface area contributed by atoms with Crippen LogP contribution in [0.1, 0.15) is 27.7 Å². The molecule has 0 bridgehead atoms. The Bertz CT molecular complexity index is 205. The van der Waals surface area contributed by atoms with Crippen molar-refractivity contribution in [2.75, 3.05) is 0 Å². The first-order valence-electron chi connectivity index (χ1n) is 4.29. The Morgan fingerprint density at radius 1 is 0.929 bits per heavy atom. The third kappa shape index (κ3) is 2.88. The molecule has 0 saturated heterocycles. The van der Waals surface area contributed by atoms with Crippen molar-refractivity contribution in [3.63, 3.8) is 0 Å². The van der Waals surface area contributed by atoms with Crippen molar-refractivity contribution in [2.45, 2.75) is 39.8 Å². The van der Waals surface area contributed by atoms with Crippen LogP contribution in [-0.2, 0) is 0 Å². The van der Waals surface area contributed by atoms with Gasteiger partial charge in [0.05, 0.1) is 0 Å². The lowest BCUT2D eigenvalue weighted by molar-refractivity contribution is -0.314. The minimum absolute atomic E-state index is 0.0926. The molecule has 0 aliphatic heterocycles. The summed E-state index contributed by atoms with van der Waals surface area (Å²) >= 11 is 0. The van der Waals surface area contributed by atoms with Gasteiger partial charge in [-0.1, -0.05) is 0 Å². The van der Waals surface area contributed by atoms with E-state index in [4.69, 9.17) is 0 Å².